The number of thioether (sulfide) groups is 1. The fraction of sp³-hybridized carbons (Fsp3) is 0.833. The smallest absolute Gasteiger partial charge is 0.316 e. The Kier molecular flexibility index (Phi) is 7.27. The van der Waals surface area contributed by atoms with Gasteiger partial charge in [-0.15, -0.1) is 11.8 Å². The normalized spacial score (nSPS) is 14.8. The van der Waals surface area contributed by atoms with E-state index in [4.69, 9.17) is 5.11 Å². The van der Waals surface area contributed by atoms with Crippen molar-refractivity contribution in [3.8, 4) is 0 Å². The van der Waals surface area contributed by atoms with Gasteiger partial charge in [-0.05, 0) is 18.8 Å². The summed E-state index contributed by atoms with van der Waals surface area (Å²) in [6, 6.07) is 0. The number of amides is 1. The molecule has 1 amide bonds. The fourth-order valence-corrected chi connectivity index (χ4v) is 2.31. The molecule has 2 N–H and O–H groups in total. The van der Waals surface area contributed by atoms with E-state index in [2.05, 4.69) is 5.32 Å². The molecule has 4 nitrogen and oxygen atoms in total. The molecule has 0 radical (unpaired) electrons. The van der Waals surface area contributed by atoms with Crippen molar-refractivity contribution in [3.63, 3.8) is 0 Å². The summed E-state index contributed by atoms with van der Waals surface area (Å²) in [6.07, 6.45) is 0. The van der Waals surface area contributed by atoms with Crippen LogP contribution in [-0.2, 0) is 9.59 Å². The van der Waals surface area contributed by atoms with Crippen LogP contribution in [-0.4, -0.2) is 34.0 Å². The number of hydrogen-bond donors (Lipinski definition) is 2. The number of aliphatic carboxylic acids is 1. The lowest BCUT2D eigenvalue weighted by Gasteiger charge is -2.20. The summed E-state index contributed by atoms with van der Waals surface area (Å²) >= 11 is 1.21. The first-order valence-electron chi connectivity index (χ1n) is 5.91. The lowest BCUT2D eigenvalue weighted by molar-refractivity contribution is -0.137. The molecule has 0 aliphatic heterocycles. The van der Waals surface area contributed by atoms with Gasteiger partial charge in [0.2, 0.25) is 5.91 Å². The van der Waals surface area contributed by atoms with E-state index in [0.29, 0.717) is 12.5 Å². The number of carboxylic acid groups (broad SMARTS) is 1. The Morgan fingerprint density at radius 1 is 1.18 bits per heavy atom. The average Bonchev–Trinajstić information content (AvgIpc) is 2.20. The highest BCUT2D eigenvalue weighted by molar-refractivity contribution is 8.01. The van der Waals surface area contributed by atoms with Crippen molar-refractivity contribution in [2.75, 3.05) is 6.54 Å². The van der Waals surface area contributed by atoms with Crippen LogP contribution in [0.25, 0.3) is 0 Å². The molecule has 0 spiro atoms. The SMILES string of the molecule is CC(C)CNC(=O)C(C)SC(C(=O)O)C(C)C. The van der Waals surface area contributed by atoms with Crippen LogP contribution in [0.4, 0.5) is 0 Å². The van der Waals surface area contributed by atoms with Crippen molar-refractivity contribution in [3.05, 3.63) is 0 Å². The molecule has 0 aliphatic carbocycles. The molecule has 0 aromatic rings. The Labute approximate surface area is 108 Å². The molecule has 100 valence electrons. The van der Waals surface area contributed by atoms with Crippen LogP contribution in [0.1, 0.15) is 34.6 Å². The van der Waals surface area contributed by atoms with Gasteiger partial charge >= 0.3 is 5.97 Å². The van der Waals surface area contributed by atoms with Gasteiger partial charge in [0.1, 0.15) is 5.25 Å². The van der Waals surface area contributed by atoms with E-state index in [0.717, 1.165) is 0 Å². The summed E-state index contributed by atoms with van der Waals surface area (Å²) in [5.41, 5.74) is 0. The first-order valence-corrected chi connectivity index (χ1v) is 6.86. The summed E-state index contributed by atoms with van der Waals surface area (Å²) in [7, 11) is 0. The number of carbonyl (C=O) groups excluding carboxylic acids is 1. The van der Waals surface area contributed by atoms with Crippen LogP contribution in [0.2, 0.25) is 0 Å². The number of rotatable bonds is 7. The second-order valence-corrected chi connectivity index (χ2v) is 6.41. The van der Waals surface area contributed by atoms with Crippen LogP contribution < -0.4 is 5.32 Å². The van der Waals surface area contributed by atoms with Gasteiger partial charge < -0.3 is 10.4 Å². The summed E-state index contributed by atoms with van der Waals surface area (Å²) in [5.74, 6) is -0.529. The van der Waals surface area contributed by atoms with Crippen LogP contribution in [0.5, 0.6) is 0 Å². The van der Waals surface area contributed by atoms with Crippen LogP contribution in [0.15, 0.2) is 0 Å². The molecule has 5 heteroatoms. The predicted octanol–water partition coefficient (Wildman–Crippen LogP) is 1.99. The minimum Gasteiger partial charge on any atom is -0.480 e. The topological polar surface area (TPSA) is 66.4 Å². The van der Waals surface area contributed by atoms with Crippen LogP contribution >= 0.6 is 11.8 Å². The number of hydrogen-bond acceptors (Lipinski definition) is 3. The average molecular weight is 261 g/mol. The van der Waals surface area contributed by atoms with Gasteiger partial charge in [0, 0.05) is 6.54 Å². The summed E-state index contributed by atoms with van der Waals surface area (Å²) < 4.78 is 0. The molecule has 0 heterocycles. The Balaban J connectivity index is 4.26. The number of carbonyl (C=O) groups is 2. The zero-order valence-corrected chi connectivity index (χ0v) is 12.0. The Hall–Kier alpha value is -0.710. The molecule has 0 saturated carbocycles. The zero-order chi connectivity index (χ0) is 13.6. The van der Waals surface area contributed by atoms with Gasteiger partial charge in [-0.3, -0.25) is 9.59 Å². The summed E-state index contributed by atoms with van der Waals surface area (Å²) in [6.45, 7) is 10.1. The lowest BCUT2D eigenvalue weighted by Crippen LogP contribution is -2.36. The maximum atomic E-state index is 11.7. The maximum absolute atomic E-state index is 11.7. The number of carboxylic acids is 1. The minimum absolute atomic E-state index is 0.0119. The molecule has 17 heavy (non-hydrogen) atoms. The van der Waals surface area contributed by atoms with Crippen molar-refractivity contribution in [1.29, 1.82) is 0 Å². The third-order valence-electron chi connectivity index (χ3n) is 2.25. The highest BCUT2D eigenvalue weighted by atomic mass is 32.2. The van der Waals surface area contributed by atoms with E-state index in [1.807, 2.05) is 27.7 Å². The molecular formula is C12H23NO3S. The van der Waals surface area contributed by atoms with Crippen molar-refractivity contribution in [1.82, 2.24) is 5.32 Å². The van der Waals surface area contributed by atoms with Gasteiger partial charge in [0.15, 0.2) is 0 Å². The maximum Gasteiger partial charge on any atom is 0.316 e. The quantitative estimate of drug-likeness (QED) is 0.735. The van der Waals surface area contributed by atoms with Gasteiger partial charge in [0.25, 0.3) is 0 Å². The highest BCUT2D eigenvalue weighted by Crippen LogP contribution is 2.24. The van der Waals surface area contributed by atoms with Crippen LogP contribution in [0.3, 0.4) is 0 Å². The first kappa shape index (κ1) is 16.3. The molecule has 0 rings (SSSR count). The third-order valence-corrected chi connectivity index (χ3v) is 3.91. The Morgan fingerprint density at radius 2 is 1.71 bits per heavy atom. The lowest BCUT2D eigenvalue weighted by atomic mass is 10.1. The van der Waals surface area contributed by atoms with E-state index >= 15 is 0 Å². The molecule has 0 fully saturated rings. The van der Waals surface area contributed by atoms with E-state index in [1.165, 1.54) is 11.8 Å². The Morgan fingerprint density at radius 3 is 2.06 bits per heavy atom. The van der Waals surface area contributed by atoms with E-state index < -0.39 is 11.2 Å². The third kappa shape index (κ3) is 6.56. The molecular weight excluding hydrogens is 238 g/mol. The second-order valence-electron chi connectivity index (χ2n) is 4.92. The largest absolute Gasteiger partial charge is 0.480 e. The molecule has 2 atom stereocenters. The Bertz CT molecular complexity index is 266. The van der Waals surface area contributed by atoms with E-state index in [1.54, 1.807) is 6.92 Å². The van der Waals surface area contributed by atoms with Crippen molar-refractivity contribution >= 4 is 23.6 Å². The molecule has 0 saturated heterocycles. The van der Waals surface area contributed by atoms with E-state index in [-0.39, 0.29) is 17.1 Å². The van der Waals surface area contributed by atoms with Gasteiger partial charge in [-0.2, -0.15) is 0 Å². The molecule has 0 aromatic carbocycles. The van der Waals surface area contributed by atoms with E-state index in [9.17, 15) is 9.59 Å². The van der Waals surface area contributed by atoms with Gasteiger partial charge in [-0.1, -0.05) is 27.7 Å². The highest BCUT2D eigenvalue weighted by Gasteiger charge is 2.27. The van der Waals surface area contributed by atoms with Crippen molar-refractivity contribution in [2.24, 2.45) is 11.8 Å². The molecule has 0 bridgehead atoms. The zero-order valence-electron chi connectivity index (χ0n) is 11.2. The monoisotopic (exact) mass is 261 g/mol. The number of nitrogens with one attached hydrogen (secondary N) is 1. The minimum atomic E-state index is -0.853. The van der Waals surface area contributed by atoms with Crippen molar-refractivity contribution in [2.45, 2.75) is 45.1 Å². The standard InChI is InChI=1S/C12H23NO3S/c1-7(2)6-13-11(14)9(5)17-10(8(3)4)12(15)16/h7-10H,6H2,1-5H3,(H,13,14)(H,15,16). The summed E-state index contributed by atoms with van der Waals surface area (Å²) in [4.78, 5) is 22.7. The predicted molar refractivity (Wildman–Crippen MR) is 71.2 cm³/mol. The second kappa shape index (κ2) is 7.58. The fourth-order valence-electron chi connectivity index (χ4n) is 1.23. The molecule has 0 aromatic heterocycles. The van der Waals surface area contributed by atoms with Crippen molar-refractivity contribution < 1.29 is 14.7 Å². The molecule has 0 aliphatic rings. The van der Waals surface area contributed by atoms with Crippen LogP contribution in [0, 0.1) is 11.8 Å². The molecule has 2 unspecified atom stereocenters. The summed E-state index contributed by atoms with van der Waals surface area (Å²) in [5, 5.41) is 11.0. The van der Waals surface area contributed by atoms with Gasteiger partial charge in [-0.25, -0.2) is 0 Å². The van der Waals surface area contributed by atoms with Gasteiger partial charge in [0.05, 0.1) is 5.25 Å². The first-order chi connectivity index (χ1) is 7.75.